The highest BCUT2D eigenvalue weighted by molar-refractivity contribution is 6.71. The van der Waals surface area contributed by atoms with Gasteiger partial charge in [-0.1, -0.05) is 138 Å². The minimum absolute atomic E-state index is 0.0414. The highest BCUT2D eigenvalue weighted by Gasteiger charge is 2.57. The van der Waals surface area contributed by atoms with Gasteiger partial charge in [0.15, 0.2) is 0 Å². The van der Waals surface area contributed by atoms with Crippen LogP contribution in [0.3, 0.4) is 0 Å². The second-order valence-corrected chi connectivity index (χ2v) is 44.6. The second kappa shape index (κ2) is 35.1. The van der Waals surface area contributed by atoms with E-state index in [1.165, 1.54) is 43.1 Å². The van der Waals surface area contributed by atoms with Crippen molar-refractivity contribution in [3.05, 3.63) is 226 Å². The number of aliphatic hydroxyl groups is 1. The van der Waals surface area contributed by atoms with Crippen molar-refractivity contribution in [3.8, 4) is 11.5 Å². The van der Waals surface area contributed by atoms with Gasteiger partial charge in [-0.15, -0.1) is 0 Å². The molecule has 5 N–H and O–H groups in total. The van der Waals surface area contributed by atoms with Crippen LogP contribution < -0.4 is 54.5 Å². The van der Waals surface area contributed by atoms with Crippen molar-refractivity contribution >= 4 is 25.7 Å². The van der Waals surface area contributed by atoms with Crippen LogP contribution >= 0.6 is 0 Å². The maximum atomic E-state index is 14.0. The Morgan fingerprint density at radius 1 is 0.393 bits per heavy atom. The molecule has 30 nitrogen and oxygen atoms in total. The molecule has 12 atom stereocenters. The quantitative estimate of drug-likeness (QED) is 0.0189. The monoisotopic (exact) mass is 1610 g/mol. The Labute approximate surface area is 652 Å². The molecule has 610 valence electrons. The molecule has 4 aromatic heterocycles. The second-order valence-electron chi connectivity index (χ2n) is 31.8. The molecule has 0 radical (unpaired) electrons. The summed E-state index contributed by atoms with van der Waals surface area (Å²) in [4.78, 5) is 116. The predicted octanol–water partition coefficient (Wildman–Crippen LogP) is 8.95. The van der Waals surface area contributed by atoms with Gasteiger partial charge >= 0.3 is 48.4 Å². The lowest BCUT2D eigenvalue weighted by Gasteiger charge is -2.43. The zero-order valence-electron chi connectivity index (χ0n) is 67.2. The van der Waals surface area contributed by atoms with E-state index in [2.05, 4.69) is 19.9 Å². The van der Waals surface area contributed by atoms with Crippen LogP contribution in [0.1, 0.15) is 173 Å². The zero-order valence-corrected chi connectivity index (χ0v) is 70.2. The average molecular weight is 1610 g/mol. The molecule has 4 fully saturated rings. The van der Waals surface area contributed by atoms with E-state index in [1.807, 2.05) is 162 Å². The molecule has 4 aliphatic heterocycles. The molecule has 0 saturated carbocycles. The number of nitrogens with zero attached hydrogens (tertiary/aromatic N) is 4. The molecule has 33 heteroatoms. The third-order valence-corrected chi connectivity index (χ3v) is 36.0. The van der Waals surface area contributed by atoms with E-state index in [0.29, 0.717) is 22.6 Å². The number of rotatable bonds is 33. The minimum Gasteiger partial charge on any atom is -0.497 e. The summed E-state index contributed by atoms with van der Waals surface area (Å²) in [6.07, 6.45) is -4.87. The highest BCUT2D eigenvalue weighted by Crippen LogP contribution is 2.48. The normalized spacial score (nSPS) is 23.3. The molecule has 0 bridgehead atoms. The SMILES string of the molecule is COc1ccc(C(OC[C@H]2O[C@@H](n3cc(C)c(=O)[nH]c3=O)C[C@@H]2O[Si](OC[C@H]2O[C@@H](n3cc(C)c(=O)[nH]c3=O)C[C@@H]2O[Si](OC[C@H]2O[C@@H](n3cc(C)c(=O)[nH]c3=O)C[C@@H]2O[Si](OC[C@H]2O[C@@H](n3cc(C)c(=O)[nH]c3=O)C[C@@H]2O)(C(C)C)C(C)C)(C(C)C)C(C)C)(C(C)C)C(C)C)(c2ccccc2)c2ccc(OC)cc2)cc1. The summed E-state index contributed by atoms with van der Waals surface area (Å²) in [5.74, 6) is 1.27. The topological polar surface area (TPSA) is 360 Å². The van der Waals surface area contributed by atoms with E-state index in [-0.39, 0.29) is 96.5 Å². The first-order valence-corrected chi connectivity index (χ1v) is 44.5. The van der Waals surface area contributed by atoms with Crippen molar-refractivity contribution in [1.82, 2.24) is 38.2 Å². The number of aromatic nitrogens is 8. The molecule has 112 heavy (non-hydrogen) atoms. The van der Waals surface area contributed by atoms with Crippen LogP contribution in [-0.2, 0) is 55.8 Å². The van der Waals surface area contributed by atoms with E-state index in [4.69, 9.17) is 59.7 Å². The van der Waals surface area contributed by atoms with E-state index >= 15 is 0 Å². The molecule has 8 heterocycles. The lowest BCUT2D eigenvalue weighted by atomic mass is 9.80. The molecular weight excluding hydrogens is 1500 g/mol. The number of ether oxygens (including phenoxy) is 7. The van der Waals surface area contributed by atoms with Crippen LogP contribution in [0.5, 0.6) is 11.5 Å². The summed E-state index contributed by atoms with van der Waals surface area (Å²) >= 11 is 0. The third kappa shape index (κ3) is 17.4. The van der Waals surface area contributed by atoms with E-state index < -0.39 is 150 Å². The first-order valence-electron chi connectivity index (χ1n) is 38.6. The molecular formula is C79H110N8O22Si3. The van der Waals surface area contributed by atoms with Crippen LogP contribution in [0.4, 0.5) is 0 Å². The number of methoxy groups -OCH3 is 2. The maximum absolute atomic E-state index is 14.0. The van der Waals surface area contributed by atoms with Gasteiger partial charge in [-0.3, -0.25) is 57.4 Å². The fraction of sp³-hybridized carbons (Fsp3) is 0.570. The summed E-state index contributed by atoms with van der Waals surface area (Å²) < 4.78 is 96.5. The number of aliphatic hydroxyl groups excluding tert-OH is 1. The number of aromatic amines is 4. The molecule has 11 rings (SSSR count). The first kappa shape index (κ1) is 85.0. The van der Waals surface area contributed by atoms with Crippen LogP contribution in [0, 0.1) is 27.7 Å². The maximum Gasteiger partial charge on any atom is 0.343 e. The number of aryl methyl sites for hydroxylation is 4. The number of hydrogen-bond donors (Lipinski definition) is 5. The van der Waals surface area contributed by atoms with Gasteiger partial charge in [-0.2, -0.15) is 0 Å². The first-order chi connectivity index (χ1) is 53.1. The lowest BCUT2D eigenvalue weighted by Crippen LogP contribution is -2.56. The molecule has 0 unspecified atom stereocenters. The van der Waals surface area contributed by atoms with Crippen molar-refractivity contribution in [2.75, 3.05) is 40.6 Å². The van der Waals surface area contributed by atoms with Crippen LogP contribution in [0.2, 0.25) is 33.2 Å². The number of nitrogens with one attached hydrogen (secondary N) is 4. The summed E-state index contributed by atoms with van der Waals surface area (Å²) in [5.41, 5.74) is -4.38. The van der Waals surface area contributed by atoms with Crippen molar-refractivity contribution in [1.29, 1.82) is 0 Å². The Bertz CT molecular complexity index is 4830. The van der Waals surface area contributed by atoms with Crippen molar-refractivity contribution in [2.45, 2.75) is 249 Å². The van der Waals surface area contributed by atoms with Gasteiger partial charge in [0.2, 0.25) is 0 Å². The Hall–Kier alpha value is -7.85. The fourth-order valence-corrected chi connectivity index (χ4v) is 27.5. The molecule has 7 aromatic rings. The van der Waals surface area contributed by atoms with E-state index in [0.717, 1.165) is 16.7 Å². The Morgan fingerprint density at radius 2 is 0.661 bits per heavy atom. The lowest BCUT2D eigenvalue weighted by molar-refractivity contribution is -0.0972. The largest absolute Gasteiger partial charge is 0.497 e. The molecule has 3 aromatic carbocycles. The van der Waals surface area contributed by atoms with Gasteiger partial charge < -0.3 is 64.8 Å². The minimum atomic E-state index is -3.71. The Morgan fingerprint density at radius 3 is 0.955 bits per heavy atom. The van der Waals surface area contributed by atoms with Gasteiger partial charge in [0.05, 0.1) is 65.1 Å². The van der Waals surface area contributed by atoms with E-state index in [1.54, 1.807) is 41.9 Å². The van der Waals surface area contributed by atoms with Crippen molar-refractivity contribution < 1.29 is 64.8 Å². The van der Waals surface area contributed by atoms with Gasteiger partial charge in [0.25, 0.3) is 22.2 Å². The molecule has 4 saturated heterocycles. The molecule has 0 spiro atoms. The highest BCUT2D eigenvalue weighted by atomic mass is 28.4. The molecule has 0 aliphatic carbocycles. The number of benzene rings is 3. The van der Waals surface area contributed by atoms with Gasteiger partial charge in [-0.25, -0.2) is 19.2 Å². The smallest absolute Gasteiger partial charge is 0.343 e. The number of H-pyrrole nitrogens is 4. The zero-order chi connectivity index (χ0) is 81.2. The van der Waals surface area contributed by atoms with Gasteiger partial charge in [0.1, 0.15) is 66.4 Å². The van der Waals surface area contributed by atoms with Crippen LogP contribution in [-0.4, -0.2) is 158 Å². The summed E-state index contributed by atoms with van der Waals surface area (Å²) in [7, 11) is -7.74. The van der Waals surface area contributed by atoms with Crippen molar-refractivity contribution in [3.63, 3.8) is 0 Å². The van der Waals surface area contributed by atoms with E-state index in [9.17, 15) is 43.5 Å². The summed E-state index contributed by atoms with van der Waals surface area (Å²) in [6, 6.07) is 25.1. The summed E-state index contributed by atoms with van der Waals surface area (Å²) in [5, 5.41) is 11.5. The standard InChI is InChI=1S/C79H110N8O22Si3/c1-44(2)110(45(3)4,100-41-63-59(88)32-67(103-63)84-36-50(13)71(89)80-75(84)93)108-61-34-69(86-38-52(15)73(91)82-77(86)95)105-65(61)43-102-112(48(9)10,49(11)12)109-62-35-70(87-39-53(16)74(92)83-78(87)96)106-66(62)42-101-111(46(5)6,47(7)8)107-60-33-68(85-37-51(14)72(90)81-76(85)94)104-64(60)40-99-79(54-22-20-19-21-23-54,55-24-28-57(97-17)29-25-55)56-26-30-58(98-18)31-27-56/h19-31,36-39,44-49,59-70,88H,32-35,40-43H2,1-18H3,(H,80,89,93)(H,81,90,94)(H,82,91,95)(H,83,92,96)/t59-,60-,61-,62-,63+,64+,65+,66+,67+,68+,69+,70+/m0/s1. The van der Waals surface area contributed by atoms with Crippen LogP contribution in [0.15, 0.2) is 142 Å². The molecule has 4 aliphatic rings. The Balaban J connectivity index is 0.926. The fourth-order valence-electron chi connectivity index (χ4n) is 16.2. The van der Waals surface area contributed by atoms with Crippen molar-refractivity contribution in [2.24, 2.45) is 0 Å². The summed E-state index contributed by atoms with van der Waals surface area (Å²) in [6.45, 7) is 30.2. The molecule has 0 amide bonds. The Kier molecular flexibility index (Phi) is 26.6. The van der Waals surface area contributed by atoms with Gasteiger partial charge in [0, 0.05) is 72.7 Å². The third-order valence-electron chi connectivity index (χ3n) is 22.5. The predicted molar refractivity (Wildman–Crippen MR) is 423 cm³/mol. The van der Waals surface area contributed by atoms with Crippen LogP contribution in [0.25, 0.3) is 0 Å². The van der Waals surface area contributed by atoms with Gasteiger partial charge in [-0.05, 0) is 102 Å². The number of hydrogen-bond acceptors (Lipinski definition) is 22. The average Bonchev–Trinajstić information content (AvgIpc) is 0.754.